The third-order valence-corrected chi connectivity index (χ3v) is 2.95. The standard InChI is InChI=1S/C14H15N3O3/c1-8(10-6-4-3-5-7-10)15-9(2)11-12(18)16-14(20)17-13(11)19/h3-8H,1-2H3,(H3,16,17,18,19,20). The highest BCUT2D eigenvalue weighted by Gasteiger charge is 2.13. The summed E-state index contributed by atoms with van der Waals surface area (Å²) >= 11 is 0. The molecule has 0 aliphatic carbocycles. The fourth-order valence-corrected chi connectivity index (χ4v) is 1.97. The average Bonchev–Trinajstić information content (AvgIpc) is 2.38. The van der Waals surface area contributed by atoms with Crippen LogP contribution < -0.4 is 11.2 Å². The Hall–Kier alpha value is -2.63. The van der Waals surface area contributed by atoms with Crippen molar-refractivity contribution in [2.45, 2.75) is 19.9 Å². The number of nitrogens with zero attached hydrogens (tertiary/aromatic N) is 1. The van der Waals surface area contributed by atoms with Crippen LogP contribution in [0.2, 0.25) is 0 Å². The van der Waals surface area contributed by atoms with Crippen molar-refractivity contribution in [2.75, 3.05) is 0 Å². The van der Waals surface area contributed by atoms with Crippen LogP contribution in [0, 0.1) is 0 Å². The van der Waals surface area contributed by atoms with Gasteiger partial charge in [-0.3, -0.25) is 19.8 Å². The molecule has 1 aromatic heterocycles. The number of hydrogen-bond acceptors (Lipinski definition) is 4. The van der Waals surface area contributed by atoms with E-state index in [2.05, 4.69) is 15.0 Å². The van der Waals surface area contributed by atoms with Gasteiger partial charge in [-0.05, 0) is 19.4 Å². The zero-order valence-electron chi connectivity index (χ0n) is 11.2. The molecule has 0 fully saturated rings. The fourth-order valence-electron chi connectivity index (χ4n) is 1.97. The minimum atomic E-state index is -0.750. The molecule has 0 amide bonds. The van der Waals surface area contributed by atoms with Crippen LogP contribution in [0.4, 0.5) is 0 Å². The van der Waals surface area contributed by atoms with Gasteiger partial charge in [0.2, 0.25) is 5.88 Å². The minimum Gasteiger partial charge on any atom is -0.494 e. The van der Waals surface area contributed by atoms with Gasteiger partial charge in [-0.1, -0.05) is 30.3 Å². The molecule has 1 unspecified atom stereocenters. The van der Waals surface area contributed by atoms with Crippen molar-refractivity contribution in [3.8, 4) is 5.88 Å². The molecule has 6 nitrogen and oxygen atoms in total. The number of nitrogens with one attached hydrogen (secondary N) is 2. The monoisotopic (exact) mass is 273 g/mol. The van der Waals surface area contributed by atoms with E-state index in [0.29, 0.717) is 5.71 Å². The molecular formula is C14H15N3O3. The lowest BCUT2D eigenvalue weighted by Gasteiger charge is -2.09. The molecule has 0 radical (unpaired) electrons. The van der Waals surface area contributed by atoms with Crippen LogP contribution in [-0.4, -0.2) is 20.8 Å². The van der Waals surface area contributed by atoms with E-state index in [9.17, 15) is 14.7 Å². The van der Waals surface area contributed by atoms with E-state index in [4.69, 9.17) is 0 Å². The Kier molecular flexibility index (Phi) is 3.84. The van der Waals surface area contributed by atoms with E-state index < -0.39 is 17.1 Å². The molecule has 2 rings (SSSR count). The summed E-state index contributed by atoms with van der Waals surface area (Å²) in [5.41, 5.74) is -0.0798. The normalized spacial score (nSPS) is 13.2. The summed E-state index contributed by atoms with van der Waals surface area (Å²) < 4.78 is 0. The molecule has 1 atom stereocenters. The Morgan fingerprint density at radius 3 is 2.45 bits per heavy atom. The molecule has 6 heteroatoms. The topological polar surface area (TPSA) is 98.3 Å². The van der Waals surface area contributed by atoms with Gasteiger partial charge in [-0.15, -0.1) is 0 Å². The largest absolute Gasteiger partial charge is 0.494 e. The Morgan fingerprint density at radius 2 is 1.85 bits per heavy atom. The molecule has 20 heavy (non-hydrogen) atoms. The summed E-state index contributed by atoms with van der Waals surface area (Å²) in [5.74, 6) is -0.472. The quantitative estimate of drug-likeness (QED) is 0.736. The van der Waals surface area contributed by atoms with E-state index in [0.717, 1.165) is 5.56 Å². The molecule has 1 heterocycles. The molecule has 1 aromatic carbocycles. The highest BCUT2D eigenvalue weighted by Crippen LogP contribution is 2.18. The lowest BCUT2D eigenvalue weighted by molar-refractivity contribution is 0.447. The zero-order valence-corrected chi connectivity index (χ0v) is 11.2. The van der Waals surface area contributed by atoms with Gasteiger partial charge in [0.15, 0.2) is 0 Å². The lowest BCUT2D eigenvalue weighted by atomic mass is 10.1. The lowest BCUT2D eigenvalue weighted by Crippen LogP contribution is -2.27. The molecule has 3 N–H and O–H groups in total. The summed E-state index contributed by atoms with van der Waals surface area (Å²) in [4.78, 5) is 31.3. The second kappa shape index (κ2) is 5.56. The Bertz CT molecular complexity index is 744. The number of aliphatic imine (C=N–C) groups is 1. The van der Waals surface area contributed by atoms with Crippen molar-refractivity contribution < 1.29 is 5.11 Å². The zero-order chi connectivity index (χ0) is 14.7. The van der Waals surface area contributed by atoms with Gasteiger partial charge in [0.1, 0.15) is 5.56 Å². The van der Waals surface area contributed by atoms with Gasteiger partial charge in [0.25, 0.3) is 5.56 Å². The Balaban J connectivity index is 2.42. The first kappa shape index (κ1) is 13.8. The van der Waals surface area contributed by atoms with Crippen LogP contribution in [0.3, 0.4) is 0 Å². The highest BCUT2D eigenvalue weighted by molar-refractivity contribution is 6.00. The van der Waals surface area contributed by atoms with Gasteiger partial charge in [-0.2, -0.15) is 0 Å². The molecule has 0 saturated heterocycles. The maximum absolute atomic E-state index is 11.7. The second-order valence-corrected chi connectivity index (χ2v) is 4.43. The third-order valence-electron chi connectivity index (χ3n) is 2.95. The van der Waals surface area contributed by atoms with E-state index in [1.807, 2.05) is 37.3 Å². The number of aromatic nitrogens is 2. The van der Waals surface area contributed by atoms with Gasteiger partial charge in [0.05, 0.1) is 11.8 Å². The summed E-state index contributed by atoms with van der Waals surface area (Å²) in [5, 5.41) is 9.67. The van der Waals surface area contributed by atoms with Crippen molar-refractivity contribution in [2.24, 2.45) is 4.99 Å². The maximum Gasteiger partial charge on any atom is 0.328 e. The first-order chi connectivity index (χ1) is 9.49. The summed E-state index contributed by atoms with van der Waals surface area (Å²) in [6.45, 7) is 3.50. The van der Waals surface area contributed by atoms with Crippen molar-refractivity contribution in [1.29, 1.82) is 0 Å². The van der Waals surface area contributed by atoms with Crippen molar-refractivity contribution in [3.63, 3.8) is 0 Å². The summed E-state index contributed by atoms with van der Waals surface area (Å²) in [7, 11) is 0. The maximum atomic E-state index is 11.7. The van der Waals surface area contributed by atoms with E-state index in [1.165, 1.54) is 0 Å². The fraction of sp³-hybridized carbons (Fsp3) is 0.214. The molecule has 0 aliphatic heterocycles. The van der Waals surface area contributed by atoms with Crippen LogP contribution in [-0.2, 0) is 0 Å². The average molecular weight is 273 g/mol. The number of aromatic amines is 2. The second-order valence-electron chi connectivity index (χ2n) is 4.43. The molecule has 0 bridgehead atoms. The van der Waals surface area contributed by atoms with Crippen molar-refractivity contribution >= 4 is 5.71 Å². The predicted octanol–water partition coefficient (Wildman–Crippen LogP) is 1.34. The van der Waals surface area contributed by atoms with Gasteiger partial charge in [-0.25, -0.2) is 4.79 Å². The molecule has 2 aromatic rings. The number of benzene rings is 1. The SMILES string of the molecule is CC(=NC(C)c1ccccc1)c1c(O)[nH]c(=O)[nH]c1=O. The molecular weight excluding hydrogens is 258 g/mol. The minimum absolute atomic E-state index is 0.0209. The van der Waals surface area contributed by atoms with E-state index >= 15 is 0 Å². The summed E-state index contributed by atoms with van der Waals surface area (Å²) in [6, 6.07) is 9.41. The Morgan fingerprint density at radius 1 is 1.20 bits per heavy atom. The van der Waals surface area contributed by atoms with E-state index in [1.54, 1.807) is 6.92 Å². The van der Waals surface area contributed by atoms with Crippen molar-refractivity contribution in [3.05, 3.63) is 62.3 Å². The van der Waals surface area contributed by atoms with Crippen LogP contribution >= 0.6 is 0 Å². The molecule has 104 valence electrons. The van der Waals surface area contributed by atoms with E-state index in [-0.39, 0.29) is 11.6 Å². The van der Waals surface area contributed by atoms with Crippen LogP contribution in [0.5, 0.6) is 5.88 Å². The number of rotatable bonds is 3. The van der Waals surface area contributed by atoms with Crippen molar-refractivity contribution in [1.82, 2.24) is 9.97 Å². The summed E-state index contributed by atoms with van der Waals surface area (Å²) in [6.07, 6.45) is 0. The number of H-pyrrole nitrogens is 2. The van der Waals surface area contributed by atoms with Gasteiger partial charge < -0.3 is 5.11 Å². The predicted molar refractivity (Wildman–Crippen MR) is 76.4 cm³/mol. The smallest absolute Gasteiger partial charge is 0.328 e. The van der Waals surface area contributed by atoms with Crippen LogP contribution in [0.15, 0.2) is 44.9 Å². The van der Waals surface area contributed by atoms with Crippen LogP contribution in [0.1, 0.15) is 31.0 Å². The number of aromatic hydroxyl groups is 1. The Labute approximate surface area is 114 Å². The highest BCUT2D eigenvalue weighted by atomic mass is 16.3. The van der Waals surface area contributed by atoms with Gasteiger partial charge in [0, 0.05) is 0 Å². The third kappa shape index (κ3) is 2.85. The van der Waals surface area contributed by atoms with Crippen LogP contribution in [0.25, 0.3) is 0 Å². The first-order valence-electron chi connectivity index (χ1n) is 6.14. The molecule has 0 aliphatic rings. The first-order valence-corrected chi connectivity index (χ1v) is 6.14. The number of hydrogen-bond donors (Lipinski definition) is 3. The molecule has 0 saturated carbocycles. The van der Waals surface area contributed by atoms with Gasteiger partial charge >= 0.3 is 5.69 Å². The molecule has 0 spiro atoms.